The first-order valence-electron chi connectivity index (χ1n) is 5.00. The van der Waals surface area contributed by atoms with Crippen LogP contribution in [0.25, 0.3) is 0 Å². The van der Waals surface area contributed by atoms with Crippen LogP contribution in [0.2, 0.25) is 0 Å². The highest BCUT2D eigenvalue weighted by atomic mass is 32.2. The fourth-order valence-corrected chi connectivity index (χ4v) is 1.74. The highest BCUT2D eigenvalue weighted by Crippen LogP contribution is 2.03. The molecule has 1 aromatic rings. The van der Waals surface area contributed by atoms with E-state index in [1.54, 1.807) is 13.0 Å². The Morgan fingerprint density at radius 2 is 2.31 bits per heavy atom. The maximum Gasteiger partial charge on any atom is 0.224 e. The lowest BCUT2D eigenvalue weighted by atomic mass is 10.3. The molecular weight excluding hydrogens is 224 g/mol. The van der Waals surface area contributed by atoms with Gasteiger partial charge in [0.15, 0.2) is 0 Å². The van der Waals surface area contributed by atoms with E-state index in [0.29, 0.717) is 29.7 Å². The molecule has 0 saturated carbocycles. The average Bonchev–Trinajstić information content (AvgIpc) is 2.28. The number of aromatic nitrogens is 2. The molecule has 16 heavy (non-hydrogen) atoms. The van der Waals surface area contributed by atoms with Crippen LogP contribution in [0.15, 0.2) is 6.07 Å². The van der Waals surface area contributed by atoms with Gasteiger partial charge in [0, 0.05) is 34.5 Å². The first kappa shape index (κ1) is 12.6. The lowest BCUT2D eigenvalue weighted by Crippen LogP contribution is -2.14. The van der Waals surface area contributed by atoms with Crippen LogP contribution in [-0.4, -0.2) is 32.2 Å². The number of nitriles is 1. The average molecular weight is 238 g/mol. The molecule has 86 valence electrons. The summed E-state index contributed by atoms with van der Waals surface area (Å²) < 4.78 is 11.2. The summed E-state index contributed by atoms with van der Waals surface area (Å²) in [5, 5.41) is 11.7. The molecule has 5 nitrogen and oxygen atoms in total. The normalized spacial score (nSPS) is 11.8. The van der Waals surface area contributed by atoms with Gasteiger partial charge in [-0.05, 0) is 13.0 Å². The molecule has 0 radical (unpaired) electrons. The van der Waals surface area contributed by atoms with Crippen molar-refractivity contribution in [2.24, 2.45) is 0 Å². The van der Waals surface area contributed by atoms with E-state index < -0.39 is 10.8 Å². The van der Waals surface area contributed by atoms with Crippen LogP contribution in [0.3, 0.4) is 0 Å². The molecule has 0 bridgehead atoms. The second kappa shape index (κ2) is 6.18. The van der Waals surface area contributed by atoms with Gasteiger partial charge in [-0.15, -0.1) is 0 Å². The number of aryl methyl sites for hydroxylation is 1. The van der Waals surface area contributed by atoms with Gasteiger partial charge in [0.2, 0.25) is 5.95 Å². The molecule has 1 rings (SSSR count). The minimum absolute atomic E-state index is 0.339. The summed E-state index contributed by atoms with van der Waals surface area (Å²) in [5.41, 5.74) is 1.08. The van der Waals surface area contributed by atoms with E-state index in [4.69, 9.17) is 5.26 Å². The van der Waals surface area contributed by atoms with Crippen molar-refractivity contribution < 1.29 is 4.21 Å². The molecule has 1 atom stereocenters. The Bertz CT molecular complexity index is 427. The Morgan fingerprint density at radius 1 is 1.56 bits per heavy atom. The van der Waals surface area contributed by atoms with Gasteiger partial charge in [-0.1, -0.05) is 6.92 Å². The molecular formula is C10H14N4OS. The van der Waals surface area contributed by atoms with Crippen molar-refractivity contribution in [2.45, 2.75) is 13.8 Å². The predicted octanol–water partition coefficient (Wildman–Crippen LogP) is 0.837. The van der Waals surface area contributed by atoms with Crippen LogP contribution < -0.4 is 5.32 Å². The number of rotatable bonds is 5. The third-order valence-electron chi connectivity index (χ3n) is 1.90. The molecule has 1 heterocycles. The third kappa shape index (κ3) is 3.95. The van der Waals surface area contributed by atoms with Crippen molar-refractivity contribution in [1.29, 1.82) is 5.26 Å². The minimum Gasteiger partial charge on any atom is -0.353 e. The highest BCUT2D eigenvalue weighted by Gasteiger charge is 2.01. The van der Waals surface area contributed by atoms with Gasteiger partial charge in [-0.2, -0.15) is 5.26 Å². The Hall–Kier alpha value is -1.48. The molecule has 0 fully saturated rings. The van der Waals surface area contributed by atoms with Gasteiger partial charge >= 0.3 is 0 Å². The second-order valence-electron chi connectivity index (χ2n) is 3.19. The van der Waals surface area contributed by atoms with E-state index in [9.17, 15) is 4.21 Å². The van der Waals surface area contributed by atoms with Crippen LogP contribution in [-0.2, 0) is 10.8 Å². The zero-order valence-electron chi connectivity index (χ0n) is 9.36. The number of nitrogens with one attached hydrogen (secondary N) is 1. The maximum atomic E-state index is 11.2. The molecule has 0 saturated heterocycles. The zero-order chi connectivity index (χ0) is 12.0. The van der Waals surface area contributed by atoms with E-state index in [-0.39, 0.29) is 0 Å². The van der Waals surface area contributed by atoms with E-state index in [0.717, 1.165) is 5.69 Å². The van der Waals surface area contributed by atoms with E-state index in [1.165, 1.54) is 0 Å². The molecule has 0 aliphatic rings. The summed E-state index contributed by atoms with van der Waals surface area (Å²) in [5.74, 6) is 1.64. The van der Waals surface area contributed by atoms with Crippen molar-refractivity contribution in [3.63, 3.8) is 0 Å². The topological polar surface area (TPSA) is 78.7 Å². The number of anilines is 1. The van der Waals surface area contributed by atoms with E-state index in [1.807, 2.05) is 13.0 Å². The fourth-order valence-electron chi connectivity index (χ4n) is 1.13. The Labute approximate surface area is 97.4 Å². The van der Waals surface area contributed by atoms with Gasteiger partial charge in [0.05, 0.1) is 0 Å². The Morgan fingerprint density at radius 3 is 2.94 bits per heavy atom. The van der Waals surface area contributed by atoms with E-state index >= 15 is 0 Å². The summed E-state index contributed by atoms with van der Waals surface area (Å²) in [6, 6.07) is 3.59. The van der Waals surface area contributed by atoms with Crippen LogP contribution >= 0.6 is 0 Å². The van der Waals surface area contributed by atoms with Crippen molar-refractivity contribution in [3.05, 3.63) is 17.5 Å². The molecule has 1 N–H and O–H groups in total. The molecule has 0 aliphatic heterocycles. The Balaban J connectivity index is 2.57. The first-order chi connectivity index (χ1) is 7.65. The first-order valence-corrected chi connectivity index (χ1v) is 6.49. The quantitative estimate of drug-likeness (QED) is 0.822. The number of hydrogen-bond donors (Lipinski definition) is 1. The highest BCUT2D eigenvalue weighted by molar-refractivity contribution is 7.84. The number of hydrogen-bond acceptors (Lipinski definition) is 5. The lowest BCUT2D eigenvalue weighted by Gasteiger charge is -2.04. The van der Waals surface area contributed by atoms with Crippen LogP contribution in [0, 0.1) is 18.3 Å². The van der Waals surface area contributed by atoms with Crippen LogP contribution in [0.5, 0.6) is 0 Å². The molecule has 0 aliphatic carbocycles. The summed E-state index contributed by atoms with van der Waals surface area (Å²) >= 11 is 0. The van der Waals surface area contributed by atoms with Gasteiger partial charge in [-0.25, -0.2) is 9.97 Å². The number of nitrogens with zero attached hydrogens (tertiary/aromatic N) is 3. The smallest absolute Gasteiger partial charge is 0.224 e. The van der Waals surface area contributed by atoms with Crippen molar-refractivity contribution in [1.82, 2.24) is 9.97 Å². The third-order valence-corrected chi connectivity index (χ3v) is 3.21. The van der Waals surface area contributed by atoms with Gasteiger partial charge in [-0.3, -0.25) is 4.21 Å². The van der Waals surface area contributed by atoms with Crippen molar-refractivity contribution in [2.75, 3.05) is 23.4 Å². The monoisotopic (exact) mass is 238 g/mol. The molecule has 1 unspecified atom stereocenters. The Kier molecular flexibility index (Phi) is 4.86. The maximum absolute atomic E-state index is 11.2. The minimum atomic E-state index is -0.796. The summed E-state index contributed by atoms with van der Waals surface area (Å²) in [6.45, 7) is 4.24. The van der Waals surface area contributed by atoms with Crippen molar-refractivity contribution in [3.8, 4) is 6.07 Å². The van der Waals surface area contributed by atoms with E-state index in [2.05, 4.69) is 15.3 Å². The van der Waals surface area contributed by atoms with Gasteiger partial charge < -0.3 is 5.32 Å². The van der Waals surface area contributed by atoms with Gasteiger partial charge in [0.25, 0.3) is 0 Å². The predicted molar refractivity (Wildman–Crippen MR) is 63.5 cm³/mol. The molecule has 0 amide bonds. The van der Waals surface area contributed by atoms with Crippen LogP contribution in [0.1, 0.15) is 18.3 Å². The summed E-state index contributed by atoms with van der Waals surface area (Å²) in [7, 11) is -0.796. The van der Waals surface area contributed by atoms with Crippen LogP contribution in [0.4, 0.5) is 5.95 Å². The molecule has 6 heteroatoms. The van der Waals surface area contributed by atoms with Gasteiger partial charge in [0.1, 0.15) is 11.8 Å². The van der Waals surface area contributed by atoms with Crippen molar-refractivity contribution >= 4 is 16.7 Å². The standard InChI is InChI=1S/C10H14N4OS/c1-3-16(15)5-4-12-10-13-8(2)6-9(7-11)14-10/h6H,3-5H2,1-2H3,(H,12,13,14). The second-order valence-corrected chi connectivity index (χ2v) is 5.05. The zero-order valence-corrected chi connectivity index (χ0v) is 10.2. The SMILES string of the molecule is CCS(=O)CCNc1nc(C)cc(C#N)n1. The largest absolute Gasteiger partial charge is 0.353 e. The molecule has 0 aromatic carbocycles. The molecule has 0 spiro atoms. The fraction of sp³-hybridized carbons (Fsp3) is 0.500. The summed E-state index contributed by atoms with van der Waals surface area (Å²) in [6.07, 6.45) is 0. The lowest BCUT2D eigenvalue weighted by molar-refractivity contribution is 0.684. The molecule has 1 aromatic heterocycles. The summed E-state index contributed by atoms with van der Waals surface area (Å²) in [4.78, 5) is 8.12.